The van der Waals surface area contributed by atoms with Gasteiger partial charge in [-0.15, -0.1) is 0 Å². The molecule has 1 aromatic rings. The fraction of sp³-hybridized carbons (Fsp3) is 0.800. The van der Waals surface area contributed by atoms with Gasteiger partial charge in [0.2, 0.25) is 0 Å². The van der Waals surface area contributed by atoms with Gasteiger partial charge in [0.05, 0.1) is 12.6 Å². The summed E-state index contributed by atoms with van der Waals surface area (Å²) in [5, 5.41) is 17.4. The molecule has 4 heteroatoms. The SMILES string of the molecule is CCCCCC(C)(C)CNCC(O)Cn1cccn1. The van der Waals surface area contributed by atoms with E-state index in [-0.39, 0.29) is 6.10 Å². The molecular weight excluding hydrogens is 238 g/mol. The largest absolute Gasteiger partial charge is 0.390 e. The predicted molar refractivity (Wildman–Crippen MR) is 79.0 cm³/mol. The zero-order valence-electron chi connectivity index (χ0n) is 12.6. The Bertz CT molecular complexity index is 322. The van der Waals surface area contributed by atoms with Crippen LogP contribution in [0, 0.1) is 5.41 Å². The molecule has 0 spiro atoms. The van der Waals surface area contributed by atoms with Crippen molar-refractivity contribution < 1.29 is 5.11 Å². The van der Waals surface area contributed by atoms with Crippen molar-refractivity contribution in [1.29, 1.82) is 0 Å². The van der Waals surface area contributed by atoms with Gasteiger partial charge in [-0.05, 0) is 17.9 Å². The van der Waals surface area contributed by atoms with E-state index in [2.05, 4.69) is 31.2 Å². The average Bonchev–Trinajstić information content (AvgIpc) is 2.81. The van der Waals surface area contributed by atoms with Crippen molar-refractivity contribution in [2.75, 3.05) is 13.1 Å². The van der Waals surface area contributed by atoms with Gasteiger partial charge in [-0.1, -0.05) is 40.0 Å². The van der Waals surface area contributed by atoms with E-state index in [1.807, 2.05) is 12.3 Å². The molecule has 110 valence electrons. The van der Waals surface area contributed by atoms with E-state index in [1.54, 1.807) is 10.9 Å². The van der Waals surface area contributed by atoms with E-state index in [9.17, 15) is 5.11 Å². The van der Waals surface area contributed by atoms with Crippen molar-refractivity contribution in [1.82, 2.24) is 15.1 Å². The Morgan fingerprint density at radius 3 is 2.79 bits per heavy atom. The molecule has 0 amide bonds. The highest BCUT2D eigenvalue weighted by molar-refractivity contribution is 4.79. The summed E-state index contributed by atoms with van der Waals surface area (Å²) in [6.45, 7) is 8.93. The number of hydrogen-bond donors (Lipinski definition) is 2. The zero-order chi connectivity index (χ0) is 14.1. The summed E-state index contributed by atoms with van der Waals surface area (Å²) < 4.78 is 1.76. The van der Waals surface area contributed by atoms with Gasteiger partial charge < -0.3 is 10.4 Å². The summed E-state index contributed by atoms with van der Waals surface area (Å²) in [6, 6.07) is 1.87. The van der Waals surface area contributed by atoms with E-state index >= 15 is 0 Å². The van der Waals surface area contributed by atoms with Crippen LogP contribution in [0.15, 0.2) is 18.5 Å². The minimum atomic E-state index is -0.383. The van der Waals surface area contributed by atoms with Crippen LogP contribution in [-0.4, -0.2) is 34.1 Å². The lowest BCUT2D eigenvalue weighted by atomic mass is 9.87. The average molecular weight is 267 g/mol. The number of nitrogens with zero attached hydrogens (tertiary/aromatic N) is 2. The van der Waals surface area contributed by atoms with Gasteiger partial charge in [-0.3, -0.25) is 4.68 Å². The molecule has 0 aliphatic rings. The third-order valence-electron chi connectivity index (χ3n) is 3.40. The Morgan fingerprint density at radius 2 is 2.16 bits per heavy atom. The molecule has 4 nitrogen and oxygen atoms in total. The quantitative estimate of drug-likeness (QED) is 0.640. The summed E-state index contributed by atoms with van der Waals surface area (Å²) in [4.78, 5) is 0. The van der Waals surface area contributed by atoms with Crippen LogP contribution in [0.4, 0.5) is 0 Å². The molecule has 1 atom stereocenters. The summed E-state index contributed by atoms with van der Waals surface area (Å²) in [5.41, 5.74) is 0.306. The lowest BCUT2D eigenvalue weighted by Crippen LogP contribution is -2.36. The van der Waals surface area contributed by atoms with Crippen LogP contribution >= 0.6 is 0 Å². The second-order valence-corrected chi connectivity index (χ2v) is 6.13. The van der Waals surface area contributed by atoms with Crippen molar-refractivity contribution in [2.24, 2.45) is 5.41 Å². The first-order valence-corrected chi connectivity index (χ1v) is 7.40. The van der Waals surface area contributed by atoms with E-state index in [4.69, 9.17) is 0 Å². The maximum Gasteiger partial charge on any atom is 0.0860 e. The van der Waals surface area contributed by atoms with Crippen LogP contribution < -0.4 is 5.32 Å². The molecule has 0 radical (unpaired) electrons. The maximum absolute atomic E-state index is 9.91. The molecule has 1 heterocycles. The van der Waals surface area contributed by atoms with Gasteiger partial charge in [-0.2, -0.15) is 5.10 Å². The zero-order valence-corrected chi connectivity index (χ0v) is 12.6. The van der Waals surface area contributed by atoms with E-state index < -0.39 is 0 Å². The number of aliphatic hydroxyl groups is 1. The van der Waals surface area contributed by atoms with Crippen molar-refractivity contribution in [3.05, 3.63) is 18.5 Å². The van der Waals surface area contributed by atoms with Gasteiger partial charge in [-0.25, -0.2) is 0 Å². The summed E-state index contributed by atoms with van der Waals surface area (Å²) in [7, 11) is 0. The number of rotatable bonds is 10. The van der Waals surface area contributed by atoms with Crippen molar-refractivity contribution in [2.45, 2.75) is 59.1 Å². The molecule has 0 aliphatic carbocycles. The normalized spacial score (nSPS) is 13.7. The summed E-state index contributed by atoms with van der Waals surface area (Å²) >= 11 is 0. The Hall–Kier alpha value is -0.870. The molecule has 0 bridgehead atoms. The molecule has 1 rings (SSSR count). The first-order valence-electron chi connectivity index (χ1n) is 7.40. The van der Waals surface area contributed by atoms with Gasteiger partial charge >= 0.3 is 0 Å². The molecule has 0 saturated carbocycles. The monoisotopic (exact) mass is 267 g/mol. The van der Waals surface area contributed by atoms with E-state index in [0.717, 1.165) is 6.54 Å². The second kappa shape index (κ2) is 8.33. The first kappa shape index (κ1) is 16.2. The molecule has 0 fully saturated rings. The smallest absolute Gasteiger partial charge is 0.0860 e. The topological polar surface area (TPSA) is 50.1 Å². The third kappa shape index (κ3) is 7.33. The summed E-state index contributed by atoms with van der Waals surface area (Å²) in [6.07, 6.45) is 8.34. The molecule has 0 aromatic carbocycles. The summed E-state index contributed by atoms with van der Waals surface area (Å²) in [5.74, 6) is 0. The van der Waals surface area contributed by atoms with Crippen LogP contribution in [0.1, 0.15) is 46.5 Å². The lowest BCUT2D eigenvalue weighted by molar-refractivity contribution is 0.141. The van der Waals surface area contributed by atoms with E-state index in [0.29, 0.717) is 18.5 Å². The number of aliphatic hydroxyl groups excluding tert-OH is 1. The van der Waals surface area contributed by atoms with Crippen LogP contribution in [0.2, 0.25) is 0 Å². The number of aromatic nitrogens is 2. The van der Waals surface area contributed by atoms with Crippen molar-refractivity contribution in [3.63, 3.8) is 0 Å². The second-order valence-electron chi connectivity index (χ2n) is 6.13. The van der Waals surface area contributed by atoms with Gasteiger partial charge in [0.15, 0.2) is 0 Å². The maximum atomic E-state index is 9.91. The third-order valence-corrected chi connectivity index (χ3v) is 3.40. The molecule has 2 N–H and O–H groups in total. The van der Waals surface area contributed by atoms with Crippen LogP contribution in [-0.2, 0) is 6.54 Å². The highest BCUT2D eigenvalue weighted by atomic mass is 16.3. The Kier molecular flexibility index (Phi) is 7.10. The number of hydrogen-bond acceptors (Lipinski definition) is 3. The highest BCUT2D eigenvalue weighted by Gasteiger charge is 2.17. The molecule has 0 saturated heterocycles. The van der Waals surface area contributed by atoms with Crippen molar-refractivity contribution in [3.8, 4) is 0 Å². The van der Waals surface area contributed by atoms with Crippen LogP contribution in [0.3, 0.4) is 0 Å². The number of unbranched alkanes of at least 4 members (excludes halogenated alkanes) is 2. The van der Waals surface area contributed by atoms with Crippen molar-refractivity contribution >= 4 is 0 Å². The molecule has 19 heavy (non-hydrogen) atoms. The molecule has 1 unspecified atom stereocenters. The van der Waals surface area contributed by atoms with E-state index in [1.165, 1.54) is 25.7 Å². The van der Waals surface area contributed by atoms with Gasteiger partial charge in [0.1, 0.15) is 0 Å². The molecule has 0 aliphatic heterocycles. The Labute approximate surface area is 117 Å². The van der Waals surface area contributed by atoms with Gasteiger partial charge in [0, 0.05) is 25.5 Å². The fourth-order valence-electron chi connectivity index (χ4n) is 2.21. The lowest BCUT2D eigenvalue weighted by Gasteiger charge is -2.25. The fourth-order valence-corrected chi connectivity index (χ4v) is 2.21. The molecular formula is C15H29N3O. The van der Waals surface area contributed by atoms with Gasteiger partial charge in [0.25, 0.3) is 0 Å². The minimum Gasteiger partial charge on any atom is -0.390 e. The minimum absolute atomic E-state index is 0.306. The Balaban J connectivity index is 2.14. The molecule has 1 aromatic heterocycles. The highest BCUT2D eigenvalue weighted by Crippen LogP contribution is 2.22. The Morgan fingerprint density at radius 1 is 1.37 bits per heavy atom. The first-order chi connectivity index (χ1) is 9.03. The van der Waals surface area contributed by atoms with Crippen LogP contribution in [0.25, 0.3) is 0 Å². The predicted octanol–water partition coefficient (Wildman–Crippen LogP) is 2.44. The van der Waals surface area contributed by atoms with Crippen LogP contribution in [0.5, 0.6) is 0 Å². The standard InChI is InChI=1S/C15H29N3O/c1-4-5-6-8-15(2,3)13-16-11-14(19)12-18-10-7-9-17-18/h7,9-10,14,16,19H,4-6,8,11-13H2,1-3H3. The number of nitrogens with one attached hydrogen (secondary N) is 1.